The molecular weight excluding hydrogens is 269 g/mol. The number of halogens is 1. The zero-order chi connectivity index (χ0) is 14.7. The third-order valence-corrected chi connectivity index (χ3v) is 4.03. The lowest BCUT2D eigenvalue weighted by Crippen LogP contribution is -2.33. The molecule has 0 bridgehead atoms. The number of piperidine rings is 1. The summed E-state index contributed by atoms with van der Waals surface area (Å²) in [4.78, 5) is 6.70. The molecule has 1 fully saturated rings. The fraction of sp³-hybridized carbons (Fsp3) is 0.500. The molecule has 1 unspecified atom stereocenters. The van der Waals surface area contributed by atoms with Gasteiger partial charge in [-0.25, -0.2) is 4.39 Å². The zero-order valence-electron chi connectivity index (χ0n) is 12.3. The van der Waals surface area contributed by atoms with Crippen molar-refractivity contribution in [2.75, 3.05) is 6.54 Å². The van der Waals surface area contributed by atoms with Crippen LogP contribution in [0.1, 0.15) is 49.5 Å². The summed E-state index contributed by atoms with van der Waals surface area (Å²) in [5.74, 6) is 1.26. The van der Waals surface area contributed by atoms with Gasteiger partial charge in [-0.15, -0.1) is 0 Å². The molecule has 1 aliphatic heterocycles. The van der Waals surface area contributed by atoms with Gasteiger partial charge < -0.3 is 4.52 Å². The first-order valence-corrected chi connectivity index (χ1v) is 7.58. The first-order chi connectivity index (χ1) is 10.3. The molecule has 0 spiro atoms. The third kappa shape index (κ3) is 3.13. The van der Waals surface area contributed by atoms with Crippen molar-refractivity contribution in [2.24, 2.45) is 0 Å². The topological polar surface area (TPSA) is 42.2 Å². The number of hydrogen-bond acceptors (Lipinski definition) is 4. The maximum atomic E-state index is 13.9. The van der Waals surface area contributed by atoms with Crippen LogP contribution in [-0.2, 0) is 13.0 Å². The van der Waals surface area contributed by atoms with E-state index >= 15 is 0 Å². The maximum Gasteiger partial charge on any atom is 0.244 e. The minimum absolute atomic E-state index is 0.103. The minimum atomic E-state index is -0.151. The molecule has 3 rings (SSSR count). The van der Waals surface area contributed by atoms with Gasteiger partial charge in [0, 0.05) is 18.5 Å². The summed E-state index contributed by atoms with van der Waals surface area (Å²) < 4.78 is 19.3. The number of aromatic nitrogens is 2. The van der Waals surface area contributed by atoms with Crippen LogP contribution in [0.5, 0.6) is 0 Å². The van der Waals surface area contributed by atoms with Gasteiger partial charge in [0.2, 0.25) is 5.89 Å². The van der Waals surface area contributed by atoms with Crippen molar-refractivity contribution in [3.63, 3.8) is 0 Å². The van der Waals surface area contributed by atoms with Crippen molar-refractivity contribution >= 4 is 0 Å². The van der Waals surface area contributed by atoms with Crippen molar-refractivity contribution in [1.29, 1.82) is 0 Å². The van der Waals surface area contributed by atoms with E-state index in [2.05, 4.69) is 15.0 Å². The predicted octanol–water partition coefficient (Wildman–Crippen LogP) is 3.50. The summed E-state index contributed by atoms with van der Waals surface area (Å²) in [5, 5.41) is 3.98. The van der Waals surface area contributed by atoms with Gasteiger partial charge in [0.15, 0.2) is 5.82 Å². The molecule has 0 amide bonds. The molecule has 0 saturated carbocycles. The smallest absolute Gasteiger partial charge is 0.244 e. The molecule has 2 heterocycles. The Labute approximate surface area is 124 Å². The summed E-state index contributed by atoms with van der Waals surface area (Å²) in [6.07, 6.45) is 4.02. The summed E-state index contributed by atoms with van der Waals surface area (Å²) >= 11 is 0. The van der Waals surface area contributed by atoms with Gasteiger partial charge in [0.05, 0.1) is 6.04 Å². The second-order valence-electron chi connectivity index (χ2n) is 5.48. The Balaban J connectivity index is 1.80. The number of likely N-dealkylation sites (tertiary alicyclic amines) is 1. The van der Waals surface area contributed by atoms with Gasteiger partial charge >= 0.3 is 0 Å². The molecule has 1 aliphatic rings. The molecular formula is C16H20FN3O. The van der Waals surface area contributed by atoms with E-state index in [4.69, 9.17) is 4.52 Å². The molecule has 112 valence electrons. The molecule has 21 heavy (non-hydrogen) atoms. The second-order valence-corrected chi connectivity index (χ2v) is 5.48. The summed E-state index contributed by atoms with van der Waals surface area (Å²) in [6.45, 7) is 3.52. The van der Waals surface area contributed by atoms with Crippen molar-refractivity contribution in [3.8, 4) is 0 Å². The quantitative estimate of drug-likeness (QED) is 0.864. The van der Waals surface area contributed by atoms with E-state index in [1.54, 1.807) is 6.07 Å². The fourth-order valence-corrected chi connectivity index (χ4v) is 2.85. The Morgan fingerprint density at radius 1 is 1.33 bits per heavy atom. The highest BCUT2D eigenvalue weighted by molar-refractivity contribution is 5.17. The van der Waals surface area contributed by atoms with Crippen molar-refractivity contribution in [3.05, 3.63) is 47.4 Å². The normalized spacial score (nSPS) is 19.8. The van der Waals surface area contributed by atoms with Crippen molar-refractivity contribution in [2.45, 2.75) is 45.2 Å². The Kier molecular flexibility index (Phi) is 4.29. The summed E-state index contributed by atoms with van der Waals surface area (Å²) in [7, 11) is 0. The van der Waals surface area contributed by atoms with E-state index in [1.165, 1.54) is 6.07 Å². The molecule has 0 radical (unpaired) electrons. The Morgan fingerprint density at radius 3 is 2.95 bits per heavy atom. The standard InChI is InChI=1S/C16H20FN3O/c1-2-15-18-16(21-19-15)14-9-5-6-10-20(14)11-12-7-3-4-8-13(12)17/h3-4,7-8,14H,2,5-6,9-11H2,1H3. The lowest BCUT2D eigenvalue weighted by Gasteiger charge is -2.33. The molecule has 5 heteroatoms. The Morgan fingerprint density at radius 2 is 2.19 bits per heavy atom. The van der Waals surface area contributed by atoms with E-state index in [0.717, 1.165) is 43.6 Å². The van der Waals surface area contributed by atoms with E-state index in [0.29, 0.717) is 12.4 Å². The minimum Gasteiger partial charge on any atom is -0.338 e. The number of aryl methyl sites for hydroxylation is 1. The number of nitrogens with zero attached hydrogens (tertiary/aromatic N) is 3. The lowest BCUT2D eigenvalue weighted by atomic mass is 10.0. The summed E-state index contributed by atoms with van der Waals surface area (Å²) in [6, 6.07) is 7.05. The highest BCUT2D eigenvalue weighted by Gasteiger charge is 2.29. The van der Waals surface area contributed by atoms with Gasteiger partial charge in [-0.1, -0.05) is 36.7 Å². The first-order valence-electron chi connectivity index (χ1n) is 7.58. The average molecular weight is 289 g/mol. The van der Waals surface area contributed by atoms with Crippen LogP contribution >= 0.6 is 0 Å². The van der Waals surface area contributed by atoms with Gasteiger partial charge in [-0.3, -0.25) is 4.90 Å². The number of benzene rings is 1. The number of rotatable bonds is 4. The monoisotopic (exact) mass is 289 g/mol. The molecule has 2 aromatic rings. The summed E-state index contributed by atoms with van der Waals surface area (Å²) in [5.41, 5.74) is 0.722. The Hall–Kier alpha value is -1.75. The van der Waals surface area contributed by atoms with Gasteiger partial charge in [-0.05, 0) is 25.5 Å². The van der Waals surface area contributed by atoms with Crippen LogP contribution in [0.15, 0.2) is 28.8 Å². The van der Waals surface area contributed by atoms with Crippen LogP contribution in [0.2, 0.25) is 0 Å². The van der Waals surface area contributed by atoms with Crippen LogP contribution in [-0.4, -0.2) is 21.6 Å². The van der Waals surface area contributed by atoms with E-state index in [9.17, 15) is 4.39 Å². The lowest BCUT2D eigenvalue weighted by molar-refractivity contribution is 0.110. The predicted molar refractivity (Wildman–Crippen MR) is 77.1 cm³/mol. The van der Waals surface area contributed by atoms with Crippen LogP contribution in [0.25, 0.3) is 0 Å². The Bertz CT molecular complexity index is 599. The molecule has 0 N–H and O–H groups in total. The van der Waals surface area contributed by atoms with Crippen LogP contribution < -0.4 is 0 Å². The average Bonchev–Trinajstić information content (AvgIpc) is 2.99. The van der Waals surface area contributed by atoms with Gasteiger partial charge in [0.1, 0.15) is 5.82 Å². The number of hydrogen-bond donors (Lipinski definition) is 0. The first kappa shape index (κ1) is 14.2. The SMILES string of the molecule is CCc1noc(C2CCCCN2Cc2ccccc2F)n1. The highest BCUT2D eigenvalue weighted by atomic mass is 19.1. The largest absolute Gasteiger partial charge is 0.338 e. The fourth-order valence-electron chi connectivity index (χ4n) is 2.85. The third-order valence-electron chi connectivity index (χ3n) is 4.03. The van der Waals surface area contributed by atoms with Crippen LogP contribution in [0, 0.1) is 5.82 Å². The highest BCUT2D eigenvalue weighted by Crippen LogP contribution is 2.31. The molecule has 1 aromatic carbocycles. The molecule has 1 atom stereocenters. The molecule has 4 nitrogen and oxygen atoms in total. The van der Waals surface area contributed by atoms with Gasteiger partial charge in [-0.2, -0.15) is 4.98 Å². The van der Waals surface area contributed by atoms with Gasteiger partial charge in [0.25, 0.3) is 0 Å². The van der Waals surface area contributed by atoms with Crippen molar-refractivity contribution in [1.82, 2.24) is 15.0 Å². The molecule has 0 aliphatic carbocycles. The van der Waals surface area contributed by atoms with E-state index < -0.39 is 0 Å². The van der Waals surface area contributed by atoms with Crippen molar-refractivity contribution < 1.29 is 8.91 Å². The zero-order valence-corrected chi connectivity index (χ0v) is 12.3. The maximum absolute atomic E-state index is 13.9. The second kappa shape index (κ2) is 6.35. The van der Waals surface area contributed by atoms with Crippen LogP contribution in [0.4, 0.5) is 4.39 Å². The van der Waals surface area contributed by atoms with Crippen LogP contribution in [0.3, 0.4) is 0 Å². The molecule has 1 aromatic heterocycles. The van der Waals surface area contributed by atoms with E-state index in [1.807, 2.05) is 19.1 Å². The molecule has 1 saturated heterocycles. The van der Waals surface area contributed by atoms with E-state index in [-0.39, 0.29) is 11.9 Å².